The number of ether oxygens (including phenoxy) is 1. The Labute approximate surface area is 197 Å². The zero-order valence-corrected chi connectivity index (χ0v) is 18.9. The van der Waals surface area contributed by atoms with Crippen LogP contribution in [0.3, 0.4) is 0 Å². The zero-order chi connectivity index (χ0) is 23.1. The highest BCUT2D eigenvalue weighted by atomic mass is 16.5. The molecular weight excluding hydrogens is 432 g/mol. The highest BCUT2D eigenvalue weighted by Gasteiger charge is 2.44. The second kappa shape index (κ2) is 8.24. The molecule has 0 unspecified atom stereocenters. The zero-order valence-electron chi connectivity index (χ0n) is 18.9. The Balaban J connectivity index is 1.21. The predicted molar refractivity (Wildman–Crippen MR) is 123 cm³/mol. The van der Waals surface area contributed by atoms with Crippen molar-refractivity contribution in [2.45, 2.75) is 38.0 Å². The van der Waals surface area contributed by atoms with E-state index in [0.717, 1.165) is 75.0 Å². The van der Waals surface area contributed by atoms with Gasteiger partial charge >= 0.3 is 6.01 Å². The Hall–Kier alpha value is -3.74. The van der Waals surface area contributed by atoms with Gasteiger partial charge in [-0.15, -0.1) is 0 Å². The van der Waals surface area contributed by atoms with Gasteiger partial charge in [-0.2, -0.15) is 20.3 Å². The highest BCUT2D eigenvalue weighted by Crippen LogP contribution is 2.45. The van der Waals surface area contributed by atoms with E-state index in [4.69, 9.17) is 4.74 Å². The largest absolute Gasteiger partial charge is 0.462 e. The number of nitrogens with one attached hydrogen (secondary N) is 1. The molecule has 1 aliphatic carbocycles. The molecule has 2 aliphatic heterocycles. The van der Waals surface area contributed by atoms with E-state index < -0.39 is 5.41 Å². The van der Waals surface area contributed by atoms with Crippen LogP contribution in [0.2, 0.25) is 0 Å². The molecule has 0 spiro atoms. The molecule has 3 aromatic rings. The van der Waals surface area contributed by atoms with Crippen LogP contribution in [0.15, 0.2) is 24.4 Å². The molecule has 3 aliphatic rings. The fraction of sp³-hybridized carbons (Fsp3) is 0.500. The first kappa shape index (κ1) is 20.8. The van der Waals surface area contributed by atoms with Crippen LogP contribution in [0.25, 0.3) is 11.0 Å². The number of rotatable bonds is 6. The Morgan fingerprint density at radius 1 is 1.24 bits per heavy atom. The lowest BCUT2D eigenvalue weighted by Crippen LogP contribution is -2.42. The quantitative estimate of drug-likeness (QED) is 0.598. The van der Waals surface area contributed by atoms with Gasteiger partial charge in [0.25, 0.3) is 5.91 Å². The third-order valence-electron chi connectivity index (χ3n) is 7.19. The van der Waals surface area contributed by atoms with Gasteiger partial charge in [0.05, 0.1) is 17.2 Å². The van der Waals surface area contributed by atoms with E-state index in [-0.39, 0.29) is 18.5 Å². The molecule has 3 fully saturated rings. The number of piperidine rings is 1. The van der Waals surface area contributed by atoms with Crippen molar-refractivity contribution >= 4 is 22.8 Å². The third-order valence-corrected chi connectivity index (χ3v) is 7.19. The summed E-state index contributed by atoms with van der Waals surface area (Å²) < 4.78 is 5.84. The topological polar surface area (TPSA) is 124 Å². The van der Waals surface area contributed by atoms with Gasteiger partial charge in [-0.3, -0.25) is 9.89 Å². The standard InChI is InChI=1S/C24H26N8O2/c25-14-24(6-7-24)15-34-23-27-18(22(33)32-9-2-10-32)13-19(28-23)31-11-4-16(5-12-31)20-17-3-1-8-26-21(17)30-29-20/h1,3,8,13,16H,2,4-7,9-12,15H2,(H,26,29,30). The molecule has 10 nitrogen and oxygen atoms in total. The van der Waals surface area contributed by atoms with E-state index in [1.54, 1.807) is 17.2 Å². The molecule has 10 heteroatoms. The number of hydrogen-bond acceptors (Lipinski definition) is 8. The van der Waals surface area contributed by atoms with Gasteiger partial charge in [-0.25, -0.2) is 4.98 Å². The highest BCUT2D eigenvalue weighted by molar-refractivity contribution is 5.93. The van der Waals surface area contributed by atoms with Crippen LogP contribution < -0.4 is 9.64 Å². The summed E-state index contributed by atoms with van der Waals surface area (Å²) in [5, 5.41) is 18.0. The van der Waals surface area contributed by atoms with Crippen LogP contribution in [0.5, 0.6) is 6.01 Å². The third kappa shape index (κ3) is 3.81. The number of H-pyrrole nitrogens is 1. The molecule has 174 valence electrons. The van der Waals surface area contributed by atoms with E-state index in [1.807, 2.05) is 6.07 Å². The van der Waals surface area contributed by atoms with Crippen LogP contribution in [0.1, 0.15) is 54.2 Å². The van der Waals surface area contributed by atoms with Gasteiger partial charge in [-0.05, 0) is 44.2 Å². The van der Waals surface area contributed by atoms with Crippen molar-refractivity contribution < 1.29 is 9.53 Å². The molecule has 1 N–H and O–H groups in total. The number of hydrogen-bond donors (Lipinski definition) is 1. The van der Waals surface area contributed by atoms with Crippen molar-refractivity contribution in [1.29, 1.82) is 5.26 Å². The molecule has 1 amide bonds. The normalized spacial score (nSPS) is 19.5. The fourth-order valence-corrected chi connectivity index (χ4v) is 4.64. The molecule has 0 bridgehead atoms. The summed E-state index contributed by atoms with van der Waals surface area (Å²) >= 11 is 0. The van der Waals surface area contributed by atoms with Gasteiger partial charge in [0.15, 0.2) is 5.65 Å². The van der Waals surface area contributed by atoms with Crippen LogP contribution in [-0.4, -0.2) is 68.7 Å². The molecule has 3 aromatic heterocycles. The first-order valence-electron chi connectivity index (χ1n) is 11.9. The lowest BCUT2D eigenvalue weighted by molar-refractivity contribution is 0.0644. The van der Waals surface area contributed by atoms with Crippen molar-refractivity contribution in [1.82, 2.24) is 30.0 Å². The number of carbonyl (C=O) groups is 1. The average molecular weight is 459 g/mol. The molecular formula is C24H26N8O2. The van der Waals surface area contributed by atoms with Gasteiger partial charge in [0, 0.05) is 49.7 Å². The minimum absolute atomic E-state index is 0.0912. The molecule has 6 rings (SSSR count). The first-order valence-corrected chi connectivity index (χ1v) is 11.9. The second-order valence-electron chi connectivity index (χ2n) is 9.49. The Morgan fingerprint density at radius 2 is 2.06 bits per heavy atom. The van der Waals surface area contributed by atoms with Crippen LogP contribution in [-0.2, 0) is 0 Å². The molecule has 34 heavy (non-hydrogen) atoms. The lowest BCUT2D eigenvalue weighted by atomic mass is 9.92. The van der Waals surface area contributed by atoms with Gasteiger partial charge in [0.1, 0.15) is 18.1 Å². The first-order chi connectivity index (χ1) is 16.6. The maximum Gasteiger partial charge on any atom is 0.319 e. The van der Waals surface area contributed by atoms with E-state index in [1.165, 1.54) is 0 Å². The number of aromatic amines is 1. The molecule has 1 saturated carbocycles. The van der Waals surface area contributed by atoms with Crippen molar-refractivity contribution in [2.24, 2.45) is 5.41 Å². The maximum atomic E-state index is 12.9. The van der Waals surface area contributed by atoms with Gasteiger partial charge < -0.3 is 14.5 Å². The summed E-state index contributed by atoms with van der Waals surface area (Å²) in [4.78, 5) is 30.3. The van der Waals surface area contributed by atoms with E-state index >= 15 is 0 Å². The van der Waals surface area contributed by atoms with Crippen LogP contribution >= 0.6 is 0 Å². The van der Waals surface area contributed by atoms with Crippen LogP contribution in [0, 0.1) is 16.7 Å². The summed E-state index contributed by atoms with van der Waals surface area (Å²) in [6, 6.07) is 8.28. The van der Waals surface area contributed by atoms with Crippen LogP contribution in [0.4, 0.5) is 5.82 Å². The molecule has 2 saturated heterocycles. The number of fused-ring (bicyclic) bond motifs is 1. The number of nitriles is 1. The summed E-state index contributed by atoms with van der Waals surface area (Å²) in [6.07, 6.45) is 6.27. The number of anilines is 1. The SMILES string of the molecule is N#CC1(COc2nc(C(=O)N3CCC3)cc(N3CCC(c4n[nH]c5ncccc45)CC3)n2)CC1. The second-order valence-corrected chi connectivity index (χ2v) is 9.49. The number of amides is 1. The monoisotopic (exact) mass is 458 g/mol. The van der Waals surface area contributed by atoms with Crippen molar-refractivity contribution in [2.75, 3.05) is 37.7 Å². The van der Waals surface area contributed by atoms with Crippen molar-refractivity contribution in [3.05, 3.63) is 35.8 Å². The van der Waals surface area contributed by atoms with E-state index in [0.29, 0.717) is 17.4 Å². The fourth-order valence-electron chi connectivity index (χ4n) is 4.64. The number of nitrogens with zero attached hydrogens (tertiary/aromatic N) is 7. The molecule has 0 aromatic carbocycles. The minimum atomic E-state index is -0.430. The smallest absolute Gasteiger partial charge is 0.319 e. The van der Waals surface area contributed by atoms with Gasteiger partial charge in [0.2, 0.25) is 0 Å². The molecule has 5 heterocycles. The average Bonchev–Trinajstić information content (AvgIpc) is 3.51. The number of carbonyl (C=O) groups excluding carboxylic acids is 1. The summed E-state index contributed by atoms with van der Waals surface area (Å²) in [6.45, 7) is 3.34. The van der Waals surface area contributed by atoms with Crippen molar-refractivity contribution in [3.8, 4) is 12.1 Å². The van der Waals surface area contributed by atoms with E-state index in [9.17, 15) is 10.1 Å². The number of pyridine rings is 1. The van der Waals surface area contributed by atoms with E-state index in [2.05, 4.69) is 42.2 Å². The summed E-state index contributed by atoms with van der Waals surface area (Å²) in [5.74, 6) is 0.938. The number of aromatic nitrogens is 5. The van der Waals surface area contributed by atoms with Gasteiger partial charge in [-0.1, -0.05) is 0 Å². The number of likely N-dealkylation sites (tertiary alicyclic amines) is 1. The predicted octanol–water partition coefficient (Wildman–Crippen LogP) is 2.66. The van der Waals surface area contributed by atoms with Crippen molar-refractivity contribution in [3.63, 3.8) is 0 Å². The Bertz CT molecular complexity index is 1270. The Morgan fingerprint density at radius 3 is 2.76 bits per heavy atom. The Kier molecular flexibility index (Phi) is 5.05. The maximum absolute atomic E-state index is 12.9. The molecule has 0 radical (unpaired) electrons. The summed E-state index contributed by atoms with van der Waals surface area (Å²) in [5.41, 5.74) is 1.81. The lowest BCUT2D eigenvalue weighted by Gasteiger charge is -2.33. The minimum Gasteiger partial charge on any atom is -0.462 e. The molecule has 0 atom stereocenters. The summed E-state index contributed by atoms with van der Waals surface area (Å²) in [7, 11) is 0.